The van der Waals surface area contributed by atoms with Gasteiger partial charge in [-0.3, -0.25) is 0 Å². The van der Waals surface area contributed by atoms with Crippen LogP contribution in [0.3, 0.4) is 0 Å². The number of nitrogens with zero attached hydrogens (tertiary/aromatic N) is 2. The Labute approximate surface area is 212 Å². The third-order valence-corrected chi connectivity index (χ3v) is 10.4. The van der Waals surface area contributed by atoms with Gasteiger partial charge in [-0.25, -0.2) is 4.98 Å². The molecule has 7 rings (SSSR count). The second-order valence-corrected chi connectivity index (χ2v) is 12.3. The second-order valence-electron chi connectivity index (χ2n) is 12.3. The summed E-state index contributed by atoms with van der Waals surface area (Å²) in [5.74, 6) is 1.29. The van der Waals surface area contributed by atoms with Crippen LogP contribution in [-0.4, -0.2) is 63.6 Å². The Kier molecular flexibility index (Phi) is 4.58. The third-order valence-electron chi connectivity index (χ3n) is 10.4. The highest BCUT2D eigenvalue weighted by Crippen LogP contribution is 2.69. The van der Waals surface area contributed by atoms with Gasteiger partial charge in [0.1, 0.15) is 11.6 Å². The van der Waals surface area contributed by atoms with E-state index in [1.807, 2.05) is 32.0 Å². The van der Waals surface area contributed by atoms with Crippen LogP contribution in [0.15, 0.2) is 52.0 Å². The zero-order valence-electron chi connectivity index (χ0n) is 21.8. The molecule has 8 atom stereocenters. The maximum Gasteiger partial charge on any atom is 0.192 e. The SMILES string of the molecule is Cc1nc2cc(C3=CCC4C56CCC7(CC(N(C)C)C(O)C(O)C7=CC5=CC(C)C34C)O6)ccc2o1. The predicted octanol–water partition coefficient (Wildman–Crippen LogP) is 4.41. The molecule has 36 heavy (non-hydrogen) atoms. The predicted molar refractivity (Wildman–Crippen MR) is 138 cm³/mol. The summed E-state index contributed by atoms with van der Waals surface area (Å²) < 4.78 is 13.0. The first kappa shape index (κ1) is 22.9. The number of aryl methyl sites for hydroxylation is 1. The lowest BCUT2D eigenvalue weighted by Crippen LogP contribution is -2.62. The first-order valence-electron chi connectivity index (χ1n) is 13.3. The number of hydrogen-bond acceptors (Lipinski definition) is 6. The first-order chi connectivity index (χ1) is 17.1. The number of allylic oxidation sites excluding steroid dienone is 3. The highest BCUT2D eigenvalue weighted by molar-refractivity contribution is 5.82. The summed E-state index contributed by atoms with van der Waals surface area (Å²) >= 11 is 0. The average Bonchev–Trinajstić information content (AvgIpc) is 3.49. The van der Waals surface area contributed by atoms with E-state index in [-0.39, 0.29) is 17.1 Å². The lowest BCUT2D eigenvalue weighted by molar-refractivity contribution is -0.165. The molecule has 8 unspecified atom stereocenters. The Hall–Kier alpha value is -2.25. The summed E-state index contributed by atoms with van der Waals surface area (Å²) in [6.07, 6.45) is 8.80. The van der Waals surface area contributed by atoms with Crippen LogP contribution in [0.25, 0.3) is 16.7 Å². The topological polar surface area (TPSA) is 79.0 Å². The number of rotatable bonds is 2. The van der Waals surface area contributed by atoms with Crippen molar-refractivity contribution >= 4 is 16.7 Å². The Morgan fingerprint density at radius 2 is 1.97 bits per heavy atom. The summed E-state index contributed by atoms with van der Waals surface area (Å²) in [6, 6.07) is 6.25. The van der Waals surface area contributed by atoms with E-state index in [2.05, 4.69) is 49.2 Å². The van der Waals surface area contributed by atoms with Crippen molar-refractivity contribution in [1.82, 2.24) is 9.88 Å². The molecular formula is C30H36N2O4. The normalized spacial score (nSPS) is 43.1. The standard InChI is InChI=1S/C30H36N2O4/c1-16-12-19-14-21-26(33)27(34)23(32(4)5)15-29(21)10-11-30(19,36-29)25-9-7-20(28(16,25)3)18-6-8-24-22(13-18)31-17(2)35-24/h6-8,12-14,16,23,25-27,33-34H,9-11,15H2,1-5H3. The monoisotopic (exact) mass is 488 g/mol. The van der Waals surface area contributed by atoms with Crippen molar-refractivity contribution in [3.05, 3.63) is 59.0 Å². The highest BCUT2D eigenvalue weighted by atomic mass is 16.5. The molecule has 5 aliphatic rings. The van der Waals surface area contributed by atoms with Gasteiger partial charge in [-0.05, 0) is 80.1 Å². The molecule has 6 heteroatoms. The number of ether oxygens (including phenoxy) is 1. The maximum atomic E-state index is 11.2. The lowest BCUT2D eigenvalue weighted by Gasteiger charge is -2.57. The van der Waals surface area contributed by atoms with Gasteiger partial charge in [0.25, 0.3) is 0 Å². The van der Waals surface area contributed by atoms with Crippen molar-refractivity contribution in [3.8, 4) is 0 Å². The van der Waals surface area contributed by atoms with Crippen LogP contribution in [0.5, 0.6) is 0 Å². The van der Waals surface area contributed by atoms with E-state index in [0.29, 0.717) is 24.1 Å². The van der Waals surface area contributed by atoms with Crippen LogP contribution in [0.4, 0.5) is 0 Å². The fourth-order valence-electron chi connectivity index (χ4n) is 8.47. The van der Waals surface area contributed by atoms with Gasteiger partial charge in [0.05, 0.1) is 17.3 Å². The Morgan fingerprint density at radius 3 is 2.75 bits per heavy atom. The number of aliphatic hydroxyl groups is 2. The van der Waals surface area contributed by atoms with Crippen LogP contribution in [0.1, 0.15) is 51.0 Å². The van der Waals surface area contributed by atoms with Crippen molar-refractivity contribution in [2.75, 3.05) is 14.1 Å². The van der Waals surface area contributed by atoms with Gasteiger partial charge in [0.2, 0.25) is 0 Å². The van der Waals surface area contributed by atoms with Crippen LogP contribution in [0.2, 0.25) is 0 Å². The molecule has 0 radical (unpaired) electrons. The maximum absolute atomic E-state index is 11.2. The number of likely N-dealkylation sites (N-methyl/N-ethyl adjacent to an activating group) is 1. The molecule has 190 valence electrons. The van der Waals surface area contributed by atoms with Crippen LogP contribution < -0.4 is 0 Å². The minimum Gasteiger partial charge on any atom is -0.441 e. The van der Waals surface area contributed by atoms with E-state index in [9.17, 15) is 10.2 Å². The smallest absolute Gasteiger partial charge is 0.192 e. The molecular weight excluding hydrogens is 452 g/mol. The molecule has 2 aromatic rings. The molecule has 2 aliphatic heterocycles. The number of aliphatic hydroxyl groups excluding tert-OH is 2. The molecule has 3 heterocycles. The molecule has 2 N–H and O–H groups in total. The van der Waals surface area contributed by atoms with Gasteiger partial charge in [0.15, 0.2) is 11.5 Å². The minimum atomic E-state index is -0.901. The van der Waals surface area contributed by atoms with Gasteiger partial charge in [-0.2, -0.15) is 0 Å². The van der Waals surface area contributed by atoms with Crippen molar-refractivity contribution in [2.45, 2.75) is 75.9 Å². The largest absolute Gasteiger partial charge is 0.441 e. The summed E-state index contributed by atoms with van der Waals surface area (Å²) in [5, 5.41) is 22.1. The number of fused-ring (bicyclic) bond motifs is 2. The Morgan fingerprint density at radius 1 is 1.17 bits per heavy atom. The molecule has 1 saturated carbocycles. The van der Waals surface area contributed by atoms with E-state index < -0.39 is 17.8 Å². The van der Waals surface area contributed by atoms with E-state index >= 15 is 0 Å². The van der Waals surface area contributed by atoms with E-state index in [4.69, 9.17) is 9.15 Å². The molecule has 2 spiro atoms. The quantitative estimate of drug-likeness (QED) is 0.652. The van der Waals surface area contributed by atoms with Crippen LogP contribution in [0, 0.1) is 24.2 Å². The van der Waals surface area contributed by atoms with E-state index in [1.54, 1.807) is 0 Å². The zero-order chi connectivity index (χ0) is 25.2. The van der Waals surface area contributed by atoms with Gasteiger partial charge in [-0.1, -0.05) is 38.1 Å². The van der Waals surface area contributed by atoms with Crippen molar-refractivity contribution in [3.63, 3.8) is 0 Å². The van der Waals surface area contributed by atoms with Crippen LogP contribution >= 0.6 is 0 Å². The summed E-state index contributed by atoms with van der Waals surface area (Å²) in [5.41, 5.74) is 5.44. The molecule has 2 bridgehead atoms. The van der Waals surface area contributed by atoms with Gasteiger partial charge in [0, 0.05) is 24.3 Å². The molecule has 0 amide bonds. The highest BCUT2D eigenvalue weighted by Gasteiger charge is 2.68. The molecule has 1 aromatic carbocycles. The first-order valence-corrected chi connectivity index (χ1v) is 13.3. The number of hydrogen-bond donors (Lipinski definition) is 2. The molecule has 2 fully saturated rings. The van der Waals surface area contributed by atoms with Gasteiger partial charge < -0.3 is 24.3 Å². The number of benzene rings is 1. The average molecular weight is 489 g/mol. The van der Waals surface area contributed by atoms with Crippen molar-refractivity contribution < 1.29 is 19.4 Å². The minimum absolute atomic E-state index is 0.0828. The lowest BCUT2D eigenvalue weighted by atomic mass is 9.54. The third kappa shape index (κ3) is 2.68. The summed E-state index contributed by atoms with van der Waals surface area (Å²) in [4.78, 5) is 6.62. The van der Waals surface area contributed by atoms with Crippen LogP contribution in [-0.2, 0) is 4.74 Å². The number of aromatic nitrogens is 1. The van der Waals surface area contributed by atoms with Gasteiger partial charge in [-0.15, -0.1) is 0 Å². The summed E-state index contributed by atoms with van der Waals surface area (Å²) in [6.45, 7) is 6.62. The molecule has 1 saturated heterocycles. The van der Waals surface area contributed by atoms with E-state index in [0.717, 1.165) is 35.9 Å². The number of oxazole rings is 1. The van der Waals surface area contributed by atoms with Gasteiger partial charge >= 0.3 is 0 Å². The fourth-order valence-corrected chi connectivity index (χ4v) is 8.47. The molecule has 6 nitrogen and oxygen atoms in total. The second kappa shape index (κ2) is 7.19. The Bertz CT molecular complexity index is 1370. The van der Waals surface area contributed by atoms with E-state index in [1.165, 1.54) is 16.7 Å². The summed E-state index contributed by atoms with van der Waals surface area (Å²) in [7, 11) is 3.95. The molecule has 3 aliphatic carbocycles. The molecule has 1 aromatic heterocycles. The van der Waals surface area contributed by atoms with Crippen molar-refractivity contribution in [1.29, 1.82) is 0 Å². The zero-order valence-corrected chi connectivity index (χ0v) is 21.8. The Balaban J connectivity index is 1.33. The van der Waals surface area contributed by atoms with Crippen molar-refractivity contribution in [2.24, 2.45) is 17.3 Å². The fraction of sp³-hybridized carbons (Fsp3) is 0.567.